The zero-order chi connectivity index (χ0) is 17.9. The molecule has 1 fully saturated rings. The first kappa shape index (κ1) is 17.2. The second-order valence-corrected chi connectivity index (χ2v) is 7.76. The lowest BCUT2D eigenvalue weighted by atomic mass is 9.89. The standard InChI is InChI=1S/C21H22BrN3O/c22-17-5-3-4-15(12-17)13-24-21(26)25-10-8-16(9-11-25)19-14-23-20-7-2-1-6-18(19)20/h1-7,12,14,16,23H,8-11,13H2,(H,24,26). The number of likely N-dealkylation sites (tertiary alicyclic amines) is 1. The molecule has 0 aliphatic carbocycles. The van der Waals surface area contributed by atoms with E-state index in [2.05, 4.69) is 56.7 Å². The van der Waals surface area contributed by atoms with Gasteiger partial charge in [0.25, 0.3) is 0 Å². The van der Waals surface area contributed by atoms with E-state index < -0.39 is 0 Å². The predicted molar refractivity (Wildman–Crippen MR) is 108 cm³/mol. The molecular formula is C21H22BrN3O. The number of carbonyl (C=O) groups excluding carboxylic acids is 1. The molecule has 0 unspecified atom stereocenters. The van der Waals surface area contributed by atoms with Crippen molar-refractivity contribution in [3.63, 3.8) is 0 Å². The number of H-pyrrole nitrogens is 1. The second-order valence-electron chi connectivity index (χ2n) is 6.84. The number of benzene rings is 2. The van der Waals surface area contributed by atoms with Crippen molar-refractivity contribution in [1.29, 1.82) is 0 Å². The van der Waals surface area contributed by atoms with Crippen molar-refractivity contribution in [2.24, 2.45) is 0 Å². The van der Waals surface area contributed by atoms with E-state index in [-0.39, 0.29) is 6.03 Å². The minimum absolute atomic E-state index is 0.0300. The van der Waals surface area contributed by atoms with E-state index in [1.807, 2.05) is 29.2 Å². The van der Waals surface area contributed by atoms with E-state index in [0.717, 1.165) is 36.0 Å². The lowest BCUT2D eigenvalue weighted by molar-refractivity contribution is 0.181. The third kappa shape index (κ3) is 3.63. The van der Waals surface area contributed by atoms with Gasteiger partial charge in [-0.05, 0) is 48.1 Å². The molecule has 1 aliphatic heterocycles. The number of carbonyl (C=O) groups is 1. The summed E-state index contributed by atoms with van der Waals surface area (Å²) >= 11 is 3.46. The van der Waals surface area contributed by atoms with E-state index in [9.17, 15) is 4.79 Å². The number of amides is 2. The van der Waals surface area contributed by atoms with Gasteiger partial charge < -0.3 is 15.2 Å². The van der Waals surface area contributed by atoms with Crippen molar-refractivity contribution >= 4 is 32.9 Å². The Kier molecular flexibility index (Phi) is 4.98. The van der Waals surface area contributed by atoms with Gasteiger partial charge in [0.2, 0.25) is 0 Å². The number of aromatic amines is 1. The maximum atomic E-state index is 12.5. The number of urea groups is 1. The number of fused-ring (bicyclic) bond motifs is 1. The topological polar surface area (TPSA) is 48.1 Å². The molecule has 1 aromatic heterocycles. The molecule has 2 amide bonds. The first-order valence-electron chi connectivity index (χ1n) is 9.04. The summed E-state index contributed by atoms with van der Waals surface area (Å²) in [5, 5.41) is 4.35. The van der Waals surface area contributed by atoms with Gasteiger partial charge in [0.15, 0.2) is 0 Å². The molecule has 26 heavy (non-hydrogen) atoms. The lowest BCUT2D eigenvalue weighted by Crippen LogP contribution is -2.43. The number of para-hydroxylation sites is 1. The molecule has 2 N–H and O–H groups in total. The monoisotopic (exact) mass is 411 g/mol. The van der Waals surface area contributed by atoms with Crippen molar-refractivity contribution in [3.8, 4) is 0 Å². The van der Waals surface area contributed by atoms with E-state index >= 15 is 0 Å². The SMILES string of the molecule is O=C(NCc1cccc(Br)c1)N1CCC(c2c[nH]c3ccccc23)CC1. The van der Waals surface area contributed by atoms with E-state index in [4.69, 9.17) is 0 Å². The Labute approximate surface area is 161 Å². The fourth-order valence-corrected chi connectivity index (χ4v) is 4.21. The number of hydrogen-bond acceptors (Lipinski definition) is 1. The van der Waals surface area contributed by atoms with Crippen molar-refractivity contribution in [2.75, 3.05) is 13.1 Å². The highest BCUT2D eigenvalue weighted by atomic mass is 79.9. The van der Waals surface area contributed by atoms with Gasteiger partial charge in [-0.1, -0.05) is 46.3 Å². The fourth-order valence-electron chi connectivity index (χ4n) is 3.76. The quantitative estimate of drug-likeness (QED) is 0.624. The van der Waals surface area contributed by atoms with Gasteiger partial charge in [-0.25, -0.2) is 4.79 Å². The van der Waals surface area contributed by atoms with Gasteiger partial charge in [-0.3, -0.25) is 0 Å². The van der Waals surface area contributed by atoms with Crippen molar-refractivity contribution in [1.82, 2.24) is 15.2 Å². The number of aromatic nitrogens is 1. The minimum atomic E-state index is 0.0300. The van der Waals surface area contributed by atoms with Gasteiger partial charge >= 0.3 is 6.03 Å². The van der Waals surface area contributed by atoms with Gasteiger partial charge in [0, 0.05) is 41.2 Å². The Balaban J connectivity index is 1.33. The van der Waals surface area contributed by atoms with Crippen LogP contribution in [0.25, 0.3) is 10.9 Å². The number of hydrogen-bond donors (Lipinski definition) is 2. The normalized spacial score (nSPS) is 15.3. The van der Waals surface area contributed by atoms with Crippen LogP contribution in [0.4, 0.5) is 4.79 Å². The molecule has 0 bridgehead atoms. The molecule has 0 radical (unpaired) electrons. The highest BCUT2D eigenvalue weighted by Gasteiger charge is 2.25. The zero-order valence-corrected chi connectivity index (χ0v) is 16.1. The summed E-state index contributed by atoms with van der Waals surface area (Å²) in [7, 11) is 0. The summed E-state index contributed by atoms with van der Waals surface area (Å²) < 4.78 is 1.03. The van der Waals surface area contributed by atoms with E-state index in [0.29, 0.717) is 12.5 Å². The molecule has 1 aliphatic rings. The van der Waals surface area contributed by atoms with Crippen LogP contribution in [0.1, 0.15) is 29.9 Å². The summed E-state index contributed by atoms with van der Waals surface area (Å²) in [5.41, 5.74) is 3.67. The average Bonchev–Trinajstić information content (AvgIpc) is 3.10. The van der Waals surface area contributed by atoms with E-state index in [1.165, 1.54) is 16.5 Å². The fraction of sp³-hybridized carbons (Fsp3) is 0.286. The first-order valence-corrected chi connectivity index (χ1v) is 9.83. The Morgan fingerprint density at radius 1 is 1.15 bits per heavy atom. The predicted octanol–water partition coefficient (Wildman–Crippen LogP) is 5.02. The third-order valence-electron chi connectivity index (χ3n) is 5.18. The van der Waals surface area contributed by atoms with Crippen LogP contribution in [-0.2, 0) is 6.54 Å². The Hall–Kier alpha value is -2.27. The van der Waals surface area contributed by atoms with E-state index in [1.54, 1.807) is 0 Å². The molecule has 1 saturated heterocycles. The summed E-state index contributed by atoms with van der Waals surface area (Å²) in [6.45, 7) is 2.16. The molecule has 5 heteroatoms. The van der Waals surface area contributed by atoms with Crippen LogP contribution in [-0.4, -0.2) is 29.0 Å². The maximum Gasteiger partial charge on any atom is 0.317 e. The Morgan fingerprint density at radius 3 is 2.77 bits per heavy atom. The van der Waals surface area contributed by atoms with Crippen molar-refractivity contribution in [3.05, 3.63) is 70.3 Å². The van der Waals surface area contributed by atoms with Crippen molar-refractivity contribution < 1.29 is 4.79 Å². The van der Waals surface area contributed by atoms with Gasteiger partial charge in [0.05, 0.1) is 0 Å². The number of piperidine rings is 1. The Bertz CT molecular complexity index is 912. The Morgan fingerprint density at radius 2 is 1.96 bits per heavy atom. The smallest absolute Gasteiger partial charge is 0.317 e. The molecule has 134 valence electrons. The van der Waals surface area contributed by atoms with Crippen LogP contribution in [0.15, 0.2) is 59.2 Å². The highest BCUT2D eigenvalue weighted by Crippen LogP contribution is 2.33. The van der Waals surface area contributed by atoms with Crippen LogP contribution in [0, 0.1) is 0 Å². The first-order chi connectivity index (χ1) is 12.7. The second kappa shape index (κ2) is 7.54. The molecule has 2 aromatic carbocycles. The van der Waals surface area contributed by atoms with Gasteiger partial charge in [0.1, 0.15) is 0 Å². The molecule has 0 saturated carbocycles. The summed E-state index contributed by atoms with van der Waals surface area (Å²) in [4.78, 5) is 17.8. The summed E-state index contributed by atoms with van der Waals surface area (Å²) in [5.74, 6) is 0.514. The zero-order valence-electron chi connectivity index (χ0n) is 14.5. The maximum absolute atomic E-state index is 12.5. The molecule has 4 nitrogen and oxygen atoms in total. The van der Waals surface area contributed by atoms with Crippen molar-refractivity contribution in [2.45, 2.75) is 25.3 Å². The summed E-state index contributed by atoms with van der Waals surface area (Å²) in [6.07, 6.45) is 4.15. The highest BCUT2D eigenvalue weighted by molar-refractivity contribution is 9.10. The van der Waals surface area contributed by atoms with Crippen LogP contribution < -0.4 is 5.32 Å². The third-order valence-corrected chi connectivity index (χ3v) is 5.67. The van der Waals surface area contributed by atoms with Crippen LogP contribution in [0.3, 0.4) is 0 Å². The van der Waals surface area contributed by atoms with Gasteiger partial charge in [-0.2, -0.15) is 0 Å². The van der Waals surface area contributed by atoms with Gasteiger partial charge in [-0.15, -0.1) is 0 Å². The van der Waals surface area contributed by atoms with Crippen LogP contribution >= 0.6 is 15.9 Å². The molecule has 0 spiro atoms. The van der Waals surface area contributed by atoms with Crippen LogP contribution in [0.5, 0.6) is 0 Å². The molecule has 3 aromatic rings. The average molecular weight is 412 g/mol. The summed E-state index contributed by atoms with van der Waals surface area (Å²) in [6, 6.07) is 16.5. The van der Waals surface area contributed by atoms with Crippen LogP contribution in [0.2, 0.25) is 0 Å². The lowest BCUT2D eigenvalue weighted by Gasteiger charge is -2.32. The number of nitrogens with one attached hydrogen (secondary N) is 2. The molecule has 4 rings (SSSR count). The number of halogens is 1. The number of rotatable bonds is 3. The molecule has 2 heterocycles. The molecular weight excluding hydrogens is 390 g/mol. The largest absolute Gasteiger partial charge is 0.361 e. The number of nitrogens with zero attached hydrogens (tertiary/aromatic N) is 1. The minimum Gasteiger partial charge on any atom is -0.361 e. The molecule has 0 atom stereocenters.